The molecule has 1 aliphatic heterocycles. The maximum absolute atomic E-state index is 5.46. The summed E-state index contributed by atoms with van der Waals surface area (Å²) in [6.45, 7) is 6.99. The van der Waals surface area contributed by atoms with Gasteiger partial charge in [-0.25, -0.2) is 0 Å². The van der Waals surface area contributed by atoms with Crippen molar-refractivity contribution in [3.8, 4) is 0 Å². The molecule has 3 heteroatoms. The van der Waals surface area contributed by atoms with Crippen LogP contribution in [0, 0.1) is 6.92 Å². The molecule has 2 atom stereocenters. The maximum Gasteiger partial charge on any atom is 0.0621 e. The van der Waals surface area contributed by atoms with Gasteiger partial charge in [-0.15, -0.1) is 0 Å². The molecule has 94 valence electrons. The molecule has 0 spiro atoms. The van der Waals surface area contributed by atoms with Crippen molar-refractivity contribution >= 4 is 5.69 Å². The second kappa shape index (κ2) is 6.03. The number of benzene rings is 1. The van der Waals surface area contributed by atoms with Crippen LogP contribution in [0.2, 0.25) is 0 Å². The number of hydrogen-bond acceptors (Lipinski definition) is 3. The van der Waals surface area contributed by atoms with Crippen molar-refractivity contribution in [1.29, 1.82) is 0 Å². The Morgan fingerprint density at radius 1 is 1.53 bits per heavy atom. The summed E-state index contributed by atoms with van der Waals surface area (Å²) in [5.74, 6) is 0. The summed E-state index contributed by atoms with van der Waals surface area (Å²) in [6, 6.07) is 9.45. The van der Waals surface area contributed by atoms with E-state index in [-0.39, 0.29) is 0 Å². The van der Waals surface area contributed by atoms with Crippen LogP contribution in [0.3, 0.4) is 0 Å². The van der Waals surface area contributed by atoms with Gasteiger partial charge in [-0.3, -0.25) is 0 Å². The Balaban J connectivity index is 1.82. The third-order valence-electron chi connectivity index (χ3n) is 3.07. The highest BCUT2D eigenvalue weighted by molar-refractivity contribution is 5.46. The predicted octanol–water partition coefficient (Wildman–Crippen LogP) is 2.17. The van der Waals surface area contributed by atoms with E-state index in [0.29, 0.717) is 12.1 Å². The topological polar surface area (TPSA) is 33.3 Å². The Labute approximate surface area is 104 Å². The monoisotopic (exact) mass is 234 g/mol. The van der Waals surface area contributed by atoms with Gasteiger partial charge in [-0.1, -0.05) is 12.1 Å². The number of hydrogen-bond donors (Lipinski definition) is 2. The van der Waals surface area contributed by atoms with Crippen molar-refractivity contribution in [2.24, 2.45) is 0 Å². The molecule has 0 radical (unpaired) electrons. The molecule has 1 aliphatic rings. The molecule has 17 heavy (non-hydrogen) atoms. The van der Waals surface area contributed by atoms with E-state index in [1.54, 1.807) is 0 Å². The molecule has 0 aromatic heterocycles. The Morgan fingerprint density at radius 2 is 2.41 bits per heavy atom. The molecule has 2 unspecified atom stereocenters. The van der Waals surface area contributed by atoms with Crippen LogP contribution >= 0.6 is 0 Å². The summed E-state index contributed by atoms with van der Waals surface area (Å²) in [4.78, 5) is 0. The Hall–Kier alpha value is -1.06. The van der Waals surface area contributed by atoms with Gasteiger partial charge >= 0.3 is 0 Å². The van der Waals surface area contributed by atoms with Gasteiger partial charge in [-0.2, -0.15) is 0 Å². The average Bonchev–Trinajstić information content (AvgIpc) is 2.30. The molecule has 2 rings (SSSR count). The molecule has 1 saturated heterocycles. The summed E-state index contributed by atoms with van der Waals surface area (Å²) in [7, 11) is 0. The van der Waals surface area contributed by atoms with Crippen molar-refractivity contribution in [2.45, 2.75) is 32.4 Å². The molecule has 1 aromatic carbocycles. The van der Waals surface area contributed by atoms with Gasteiger partial charge in [0.2, 0.25) is 0 Å². The van der Waals surface area contributed by atoms with Crippen LogP contribution in [-0.4, -0.2) is 31.8 Å². The normalized spacial score (nSPS) is 22.1. The lowest BCUT2D eigenvalue weighted by molar-refractivity contribution is 0.0731. The van der Waals surface area contributed by atoms with Crippen LogP contribution in [0.15, 0.2) is 24.3 Å². The number of rotatable bonds is 4. The summed E-state index contributed by atoms with van der Waals surface area (Å²) < 4.78 is 5.46. The molecule has 0 aliphatic carbocycles. The van der Waals surface area contributed by atoms with Gasteiger partial charge in [0.05, 0.1) is 13.2 Å². The molecule has 0 saturated carbocycles. The zero-order valence-electron chi connectivity index (χ0n) is 10.7. The number of morpholine rings is 1. The summed E-state index contributed by atoms with van der Waals surface area (Å²) in [6.07, 6.45) is 1.09. The van der Waals surface area contributed by atoms with Crippen molar-refractivity contribution in [3.63, 3.8) is 0 Å². The minimum Gasteiger partial charge on any atom is -0.383 e. The van der Waals surface area contributed by atoms with Crippen molar-refractivity contribution in [1.82, 2.24) is 5.32 Å². The third kappa shape index (κ3) is 4.02. The first-order valence-corrected chi connectivity index (χ1v) is 6.38. The van der Waals surface area contributed by atoms with E-state index in [4.69, 9.17) is 4.74 Å². The molecule has 1 fully saturated rings. The lowest BCUT2D eigenvalue weighted by Gasteiger charge is -2.27. The molecule has 1 aromatic rings. The van der Waals surface area contributed by atoms with E-state index in [0.717, 1.165) is 26.2 Å². The molecule has 0 amide bonds. The lowest BCUT2D eigenvalue weighted by atomic mass is 10.1. The maximum atomic E-state index is 5.46. The fourth-order valence-corrected chi connectivity index (χ4v) is 2.28. The van der Waals surface area contributed by atoms with Gasteiger partial charge in [-0.05, 0) is 38.0 Å². The third-order valence-corrected chi connectivity index (χ3v) is 3.07. The molecule has 3 nitrogen and oxygen atoms in total. The molecule has 0 bridgehead atoms. The SMILES string of the molecule is Cc1cccc(NC(C)CC2COCCN2)c1. The number of ether oxygens (including phenoxy) is 1. The fourth-order valence-electron chi connectivity index (χ4n) is 2.28. The van der Waals surface area contributed by atoms with Gasteiger partial charge in [0.15, 0.2) is 0 Å². The largest absolute Gasteiger partial charge is 0.383 e. The predicted molar refractivity (Wildman–Crippen MR) is 71.5 cm³/mol. The van der Waals surface area contributed by atoms with Crippen LogP contribution < -0.4 is 10.6 Å². The zero-order valence-corrected chi connectivity index (χ0v) is 10.7. The second-order valence-corrected chi connectivity index (χ2v) is 4.88. The quantitative estimate of drug-likeness (QED) is 0.837. The number of anilines is 1. The van der Waals surface area contributed by atoms with Crippen LogP contribution in [0.25, 0.3) is 0 Å². The lowest BCUT2D eigenvalue weighted by Crippen LogP contribution is -2.43. The molecule has 1 heterocycles. The standard InChI is InChI=1S/C14H22N2O/c1-11-4-3-5-13(8-11)16-12(2)9-14-10-17-7-6-15-14/h3-5,8,12,14-16H,6-7,9-10H2,1-2H3. The van der Waals surface area contributed by atoms with Crippen LogP contribution in [0.4, 0.5) is 5.69 Å². The van der Waals surface area contributed by atoms with Gasteiger partial charge in [0, 0.05) is 24.3 Å². The van der Waals surface area contributed by atoms with Crippen LogP contribution in [0.5, 0.6) is 0 Å². The van der Waals surface area contributed by atoms with E-state index in [1.807, 2.05) is 0 Å². The highest BCUT2D eigenvalue weighted by Gasteiger charge is 2.15. The molecule has 2 N–H and O–H groups in total. The first-order valence-electron chi connectivity index (χ1n) is 6.38. The average molecular weight is 234 g/mol. The van der Waals surface area contributed by atoms with Gasteiger partial charge in [0.25, 0.3) is 0 Å². The van der Waals surface area contributed by atoms with E-state index in [9.17, 15) is 0 Å². The number of aryl methyl sites for hydroxylation is 1. The highest BCUT2D eigenvalue weighted by Crippen LogP contribution is 2.13. The van der Waals surface area contributed by atoms with Gasteiger partial charge in [0.1, 0.15) is 0 Å². The van der Waals surface area contributed by atoms with Crippen molar-refractivity contribution in [3.05, 3.63) is 29.8 Å². The van der Waals surface area contributed by atoms with E-state index < -0.39 is 0 Å². The summed E-state index contributed by atoms with van der Waals surface area (Å²) in [5.41, 5.74) is 2.50. The summed E-state index contributed by atoms with van der Waals surface area (Å²) in [5, 5.41) is 7.02. The van der Waals surface area contributed by atoms with Crippen LogP contribution in [-0.2, 0) is 4.74 Å². The first-order chi connectivity index (χ1) is 8.24. The van der Waals surface area contributed by atoms with E-state index in [1.165, 1.54) is 11.3 Å². The second-order valence-electron chi connectivity index (χ2n) is 4.88. The molecular formula is C14H22N2O. The molecular weight excluding hydrogens is 212 g/mol. The number of nitrogens with one attached hydrogen (secondary N) is 2. The highest BCUT2D eigenvalue weighted by atomic mass is 16.5. The van der Waals surface area contributed by atoms with E-state index in [2.05, 4.69) is 48.7 Å². The minimum atomic E-state index is 0.455. The van der Waals surface area contributed by atoms with Gasteiger partial charge < -0.3 is 15.4 Å². The Bertz CT molecular complexity index is 348. The smallest absolute Gasteiger partial charge is 0.0621 e. The van der Waals surface area contributed by atoms with Crippen LogP contribution in [0.1, 0.15) is 18.9 Å². The zero-order chi connectivity index (χ0) is 12.1. The fraction of sp³-hybridized carbons (Fsp3) is 0.571. The Morgan fingerprint density at radius 3 is 3.12 bits per heavy atom. The summed E-state index contributed by atoms with van der Waals surface area (Å²) >= 11 is 0. The van der Waals surface area contributed by atoms with E-state index >= 15 is 0 Å². The van der Waals surface area contributed by atoms with Crippen molar-refractivity contribution in [2.75, 3.05) is 25.1 Å². The Kier molecular flexibility index (Phi) is 4.40. The van der Waals surface area contributed by atoms with Crippen molar-refractivity contribution < 1.29 is 4.74 Å². The minimum absolute atomic E-state index is 0.455. The first kappa shape index (κ1) is 12.4.